The highest BCUT2D eigenvalue weighted by Crippen LogP contribution is 2.23. The molecule has 154 valence electrons. The summed E-state index contributed by atoms with van der Waals surface area (Å²) < 4.78 is 63.1. The number of carbonyl (C=O) groups excluding carboxylic acids is 1. The van der Waals surface area contributed by atoms with Crippen molar-refractivity contribution < 1.29 is 26.4 Å². The Morgan fingerprint density at radius 3 is 2.22 bits per heavy atom. The van der Waals surface area contributed by atoms with E-state index in [0.29, 0.717) is 19.0 Å². The van der Waals surface area contributed by atoms with Crippen LogP contribution in [0.1, 0.15) is 23.2 Å². The van der Waals surface area contributed by atoms with Crippen LogP contribution in [0.15, 0.2) is 29.2 Å². The molecule has 1 amide bonds. The zero-order chi connectivity index (χ0) is 19.4. The summed E-state index contributed by atoms with van der Waals surface area (Å²) in [5.41, 5.74) is -0.0269. The lowest BCUT2D eigenvalue weighted by atomic mass is 9.98. The molecule has 1 aromatic rings. The largest absolute Gasteiger partial charge is 0.405 e. The van der Waals surface area contributed by atoms with Gasteiger partial charge in [-0.25, -0.2) is 8.42 Å². The molecule has 1 fully saturated rings. The lowest BCUT2D eigenvalue weighted by Crippen LogP contribution is -2.40. The predicted octanol–water partition coefficient (Wildman–Crippen LogP) is 2.02. The summed E-state index contributed by atoms with van der Waals surface area (Å²) in [5, 5.41) is 4.83. The van der Waals surface area contributed by atoms with Gasteiger partial charge in [0.25, 0.3) is 5.91 Å². The van der Waals surface area contributed by atoms with Crippen LogP contribution in [0.25, 0.3) is 0 Å². The third kappa shape index (κ3) is 6.63. The third-order valence-corrected chi connectivity index (χ3v) is 6.18. The van der Waals surface area contributed by atoms with Gasteiger partial charge in [0, 0.05) is 18.7 Å². The first-order valence-electron chi connectivity index (χ1n) is 8.23. The van der Waals surface area contributed by atoms with Crippen LogP contribution < -0.4 is 10.6 Å². The van der Waals surface area contributed by atoms with E-state index in [1.54, 1.807) is 5.32 Å². The van der Waals surface area contributed by atoms with E-state index in [9.17, 15) is 26.4 Å². The average molecular weight is 430 g/mol. The number of hydrogen-bond acceptors (Lipinski definition) is 4. The minimum Gasteiger partial charge on any atom is -0.343 e. The molecule has 2 N–H and O–H groups in total. The molecule has 1 aromatic carbocycles. The monoisotopic (exact) mass is 429 g/mol. The quantitative estimate of drug-likeness (QED) is 0.725. The van der Waals surface area contributed by atoms with Gasteiger partial charge in [0.05, 0.1) is 4.90 Å². The highest BCUT2D eigenvalue weighted by Gasteiger charge is 2.30. The van der Waals surface area contributed by atoms with Gasteiger partial charge in [-0.15, -0.1) is 12.4 Å². The van der Waals surface area contributed by atoms with E-state index in [-0.39, 0.29) is 22.9 Å². The molecular formula is C16H23ClF3N3O3S. The molecule has 0 aliphatic carbocycles. The molecule has 0 spiro atoms. The van der Waals surface area contributed by atoms with Crippen molar-refractivity contribution in [3.8, 4) is 0 Å². The Morgan fingerprint density at radius 1 is 1.19 bits per heavy atom. The van der Waals surface area contributed by atoms with Gasteiger partial charge in [0.1, 0.15) is 6.54 Å². The minimum atomic E-state index is -4.50. The maximum Gasteiger partial charge on any atom is 0.405 e. The third-order valence-electron chi connectivity index (χ3n) is 4.27. The maximum absolute atomic E-state index is 12.7. The number of alkyl halides is 3. The average Bonchev–Trinajstić information content (AvgIpc) is 2.60. The number of hydrogen-bond donors (Lipinski definition) is 2. The number of nitrogens with zero attached hydrogens (tertiary/aromatic N) is 1. The number of sulfonamides is 1. The summed E-state index contributed by atoms with van der Waals surface area (Å²) in [6.07, 6.45) is -2.98. The molecule has 1 saturated heterocycles. The first-order valence-corrected chi connectivity index (χ1v) is 9.67. The van der Waals surface area contributed by atoms with Crippen molar-refractivity contribution in [3.63, 3.8) is 0 Å². The molecule has 0 radical (unpaired) electrons. The van der Waals surface area contributed by atoms with Crippen molar-refractivity contribution in [1.82, 2.24) is 14.9 Å². The van der Waals surface area contributed by atoms with Gasteiger partial charge in [-0.05, 0) is 56.6 Å². The minimum absolute atomic E-state index is 0. The summed E-state index contributed by atoms with van der Waals surface area (Å²) >= 11 is 0. The molecule has 0 aromatic heterocycles. The fourth-order valence-electron chi connectivity index (χ4n) is 2.85. The number of piperidine rings is 1. The van der Waals surface area contributed by atoms with Crippen molar-refractivity contribution in [2.75, 3.05) is 33.2 Å². The molecule has 1 heterocycles. The van der Waals surface area contributed by atoms with Crippen LogP contribution in [0, 0.1) is 5.92 Å². The SMILES string of the molecule is CNCC1CCN(S(=O)(=O)c2ccc(C(=O)NCC(F)(F)F)cc2)CC1.Cl. The van der Waals surface area contributed by atoms with Gasteiger partial charge in [0.2, 0.25) is 10.0 Å². The van der Waals surface area contributed by atoms with Crippen molar-refractivity contribution in [3.05, 3.63) is 29.8 Å². The Morgan fingerprint density at radius 2 is 1.74 bits per heavy atom. The van der Waals surface area contributed by atoms with E-state index in [1.807, 2.05) is 7.05 Å². The topological polar surface area (TPSA) is 78.5 Å². The summed E-state index contributed by atoms with van der Waals surface area (Å²) in [7, 11) is -1.82. The standard InChI is InChI=1S/C16H22F3N3O3S.ClH/c1-20-10-12-6-8-22(9-7-12)26(24,25)14-4-2-13(3-5-14)15(23)21-11-16(17,18)19;/h2-5,12,20H,6-11H2,1H3,(H,21,23);1H. The van der Waals surface area contributed by atoms with E-state index < -0.39 is 28.7 Å². The van der Waals surface area contributed by atoms with Crippen molar-refractivity contribution in [2.24, 2.45) is 5.92 Å². The van der Waals surface area contributed by atoms with Gasteiger partial charge < -0.3 is 10.6 Å². The molecule has 0 atom stereocenters. The molecule has 1 aliphatic rings. The molecule has 6 nitrogen and oxygen atoms in total. The van der Waals surface area contributed by atoms with Gasteiger partial charge in [-0.2, -0.15) is 17.5 Å². The summed E-state index contributed by atoms with van der Waals surface area (Å²) in [6.45, 7) is 0.244. The van der Waals surface area contributed by atoms with E-state index >= 15 is 0 Å². The van der Waals surface area contributed by atoms with Crippen LogP contribution in [-0.4, -0.2) is 58.0 Å². The van der Waals surface area contributed by atoms with Gasteiger partial charge in [-0.3, -0.25) is 4.79 Å². The maximum atomic E-state index is 12.7. The fourth-order valence-corrected chi connectivity index (χ4v) is 4.32. The van der Waals surface area contributed by atoms with Crippen LogP contribution in [0.3, 0.4) is 0 Å². The molecule has 2 rings (SSSR count). The number of nitrogens with one attached hydrogen (secondary N) is 2. The Hall–Kier alpha value is -1.36. The van der Waals surface area contributed by atoms with Gasteiger partial charge in [-0.1, -0.05) is 0 Å². The number of halogens is 4. The normalized spacial score (nSPS) is 16.6. The molecular weight excluding hydrogens is 407 g/mol. The lowest BCUT2D eigenvalue weighted by Gasteiger charge is -2.31. The Bertz CT molecular complexity index is 719. The Balaban J connectivity index is 0.00000364. The number of rotatable bonds is 6. The second kappa shape index (κ2) is 9.72. The molecule has 0 unspecified atom stereocenters. The van der Waals surface area contributed by atoms with Crippen LogP contribution in [0.5, 0.6) is 0 Å². The molecule has 27 heavy (non-hydrogen) atoms. The first kappa shape index (κ1) is 23.7. The van der Waals surface area contributed by atoms with Crippen molar-refractivity contribution in [1.29, 1.82) is 0 Å². The van der Waals surface area contributed by atoms with Crippen LogP contribution in [0.4, 0.5) is 13.2 Å². The number of amides is 1. The second-order valence-corrected chi connectivity index (χ2v) is 8.17. The number of carbonyl (C=O) groups is 1. The summed E-state index contributed by atoms with van der Waals surface area (Å²) in [4.78, 5) is 11.7. The zero-order valence-corrected chi connectivity index (χ0v) is 16.4. The van der Waals surface area contributed by atoms with E-state index in [1.165, 1.54) is 28.6 Å². The molecule has 0 bridgehead atoms. The van der Waals surface area contributed by atoms with Gasteiger partial charge in [0.15, 0.2) is 0 Å². The predicted molar refractivity (Wildman–Crippen MR) is 97.5 cm³/mol. The van der Waals surface area contributed by atoms with Crippen molar-refractivity contribution in [2.45, 2.75) is 23.9 Å². The summed E-state index contributed by atoms with van der Waals surface area (Å²) in [6, 6.07) is 4.92. The second-order valence-electron chi connectivity index (χ2n) is 6.23. The van der Waals surface area contributed by atoms with E-state index in [4.69, 9.17) is 0 Å². The van der Waals surface area contributed by atoms with E-state index in [0.717, 1.165) is 19.4 Å². The zero-order valence-electron chi connectivity index (χ0n) is 14.8. The first-order chi connectivity index (χ1) is 12.1. The van der Waals surface area contributed by atoms with Crippen LogP contribution >= 0.6 is 12.4 Å². The van der Waals surface area contributed by atoms with Crippen molar-refractivity contribution >= 4 is 28.3 Å². The van der Waals surface area contributed by atoms with Crippen LogP contribution in [0.2, 0.25) is 0 Å². The lowest BCUT2D eigenvalue weighted by molar-refractivity contribution is -0.123. The Kier molecular flexibility index (Phi) is 8.52. The fraction of sp³-hybridized carbons (Fsp3) is 0.562. The smallest absolute Gasteiger partial charge is 0.343 e. The Labute approximate surface area is 163 Å². The van der Waals surface area contributed by atoms with E-state index in [2.05, 4.69) is 5.32 Å². The van der Waals surface area contributed by atoms with Crippen LogP contribution in [-0.2, 0) is 10.0 Å². The summed E-state index contributed by atoms with van der Waals surface area (Å²) in [5.74, 6) is -0.467. The molecule has 11 heteroatoms. The number of benzene rings is 1. The highest BCUT2D eigenvalue weighted by molar-refractivity contribution is 7.89. The highest BCUT2D eigenvalue weighted by atomic mass is 35.5. The van der Waals surface area contributed by atoms with Gasteiger partial charge >= 0.3 is 6.18 Å². The molecule has 1 aliphatic heterocycles. The molecule has 0 saturated carbocycles.